The van der Waals surface area contributed by atoms with Gasteiger partial charge in [-0.3, -0.25) is 4.79 Å². The third-order valence-corrected chi connectivity index (χ3v) is 5.88. The number of anilines is 2. The van der Waals surface area contributed by atoms with Crippen LogP contribution in [0.5, 0.6) is 0 Å². The number of primary amides is 1. The zero-order chi connectivity index (χ0) is 21.3. The van der Waals surface area contributed by atoms with Crippen LogP contribution >= 0.6 is 11.3 Å². The number of fused-ring (bicyclic) bond motifs is 2. The number of nitrogens with zero attached hydrogens (tertiary/aromatic N) is 2. The van der Waals surface area contributed by atoms with Crippen molar-refractivity contribution in [3.8, 4) is 28.7 Å². The van der Waals surface area contributed by atoms with Crippen LogP contribution in [0, 0.1) is 11.3 Å². The molecule has 152 valence electrons. The number of thiophene rings is 1. The number of hydrogen-bond donors (Lipinski definition) is 4. The van der Waals surface area contributed by atoms with E-state index in [2.05, 4.69) is 16.4 Å². The molecular weight excluding hydrogens is 400 g/mol. The fraction of sp³-hybridized carbons (Fsp3) is 0.190. The highest BCUT2D eigenvalue weighted by Gasteiger charge is 2.24. The number of aromatic nitrogens is 1. The molecule has 0 fully saturated rings. The van der Waals surface area contributed by atoms with Crippen LogP contribution < -0.4 is 22.5 Å². The molecule has 1 amide bonds. The van der Waals surface area contributed by atoms with Crippen molar-refractivity contribution < 1.29 is 9.21 Å². The molecule has 4 rings (SSSR count). The second-order valence-corrected chi connectivity index (χ2v) is 7.88. The molecule has 0 atom stereocenters. The van der Waals surface area contributed by atoms with Gasteiger partial charge in [-0.05, 0) is 37.6 Å². The Morgan fingerprint density at radius 3 is 2.83 bits per heavy atom. The third-order valence-electron chi connectivity index (χ3n) is 4.75. The summed E-state index contributed by atoms with van der Waals surface area (Å²) in [6.07, 6.45) is 3.38. The number of nitrogens with one attached hydrogen (secondary N) is 1. The molecule has 9 heteroatoms. The first kappa shape index (κ1) is 19.7. The van der Waals surface area contributed by atoms with E-state index >= 15 is 0 Å². The highest BCUT2D eigenvalue weighted by atomic mass is 32.1. The molecule has 30 heavy (non-hydrogen) atoms. The van der Waals surface area contributed by atoms with Crippen LogP contribution in [-0.2, 0) is 0 Å². The summed E-state index contributed by atoms with van der Waals surface area (Å²) >= 11 is 1.15. The number of hydrogen-bond acceptors (Lipinski definition) is 8. The summed E-state index contributed by atoms with van der Waals surface area (Å²) in [5, 5.41) is 13.2. The van der Waals surface area contributed by atoms with Gasteiger partial charge in [-0.15, -0.1) is 11.3 Å². The van der Waals surface area contributed by atoms with Crippen molar-refractivity contribution in [2.24, 2.45) is 11.5 Å². The fourth-order valence-electron chi connectivity index (χ4n) is 3.35. The van der Waals surface area contributed by atoms with E-state index in [9.17, 15) is 10.1 Å². The zero-order valence-electron chi connectivity index (χ0n) is 16.1. The molecule has 1 aliphatic carbocycles. The van der Waals surface area contributed by atoms with Gasteiger partial charge in [0.1, 0.15) is 21.5 Å². The van der Waals surface area contributed by atoms with Crippen molar-refractivity contribution in [2.45, 2.75) is 12.8 Å². The molecule has 2 aromatic rings. The Hall–Kier alpha value is -3.61. The highest BCUT2D eigenvalue weighted by molar-refractivity contribution is 7.21. The molecule has 3 heterocycles. The van der Waals surface area contributed by atoms with Crippen molar-refractivity contribution in [1.29, 1.82) is 5.26 Å². The minimum Gasteiger partial charge on any atom is -0.454 e. The molecule has 8 nitrogen and oxygen atoms in total. The summed E-state index contributed by atoms with van der Waals surface area (Å²) < 4.78 is 6.12. The number of nitrogens with two attached hydrogens (primary N) is 3. The van der Waals surface area contributed by atoms with Gasteiger partial charge in [-0.25, -0.2) is 4.98 Å². The lowest BCUT2D eigenvalue weighted by Crippen LogP contribution is -2.10. The van der Waals surface area contributed by atoms with Crippen LogP contribution in [0.1, 0.15) is 28.1 Å². The molecule has 0 saturated heterocycles. The van der Waals surface area contributed by atoms with Gasteiger partial charge in [0.15, 0.2) is 5.76 Å². The second-order valence-electron chi connectivity index (χ2n) is 6.88. The van der Waals surface area contributed by atoms with E-state index in [0.29, 0.717) is 45.1 Å². The molecule has 2 aliphatic rings. The molecule has 2 aromatic heterocycles. The first-order valence-electron chi connectivity index (χ1n) is 9.41. The van der Waals surface area contributed by atoms with Crippen molar-refractivity contribution >= 4 is 38.8 Å². The normalized spacial score (nSPS) is 11.1. The van der Waals surface area contributed by atoms with E-state index in [4.69, 9.17) is 21.6 Å². The summed E-state index contributed by atoms with van der Waals surface area (Å²) in [7, 11) is 0. The number of unbranched alkanes of at least 4 members (excludes halogenated alkanes) is 1. The summed E-state index contributed by atoms with van der Waals surface area (Å²) in [4.78, 5) is 17.2. The van der Waals surface area contributed by atoms with E-state index in [1.165, 1.54) is 6.20 Å². The van der Waals surface area contributed by atoms with Gasteiger partial charge in [0.25, 0.3) is 5.91 Å². The Morgan fingerprint density at radius 2 is 2.10 bits per heavy atom. The number of pyridine rings is 1. The molecule has 0 aromatic carbocycles. The minimum atomic E-state index is -0.606. The molecular formula is C21H20N6O2S. The SMILES string of the molecule is N#Cc1cnc2sc(C(N)=O)c(-c3oc4cc(NCCCCN)cc-4cc3N)c2c1. The Morgan fingerprint density at radius 1 is 1.27 bits per heavy atom. The maximum atomic E-state index is 12.1. The second kappa shape index (κ2) is 8.02. The monoisotopic (exact) mass is 420 g/mol. The van der Waals surface area contributed by atoms with E-state index in [1.807, 2.05) is 12.1 Å². The van der Waals surface area contributed by atoms with Gasteiger partial charge in [0.05, 0.1) is 16.8 Å². The van der Waals surface area contributed by atoms with Gasteiger partial charge in [-0.1, -0.05) is 0 Å². The Labute approximate surface area is 176 Å². The maximum absolute atomic E-state index is 12.1. The lowest BCUT2D eigenvalue weighted by atomic mass is 10.1. The van der Waals surface area contributed by atoms with E-state index < -0.39 is 5.91 Å². The highest BCUT2D eigenvalue weighted by Crippen LogP contribution is 2.44. The molecule has 0 unspecified atom stereocenters. The average Bonchev–Trinajstić information content (AvgIpc) is 3.30. The topological polar surface area (TPSA) is 157 Å². The van der Waals surface area contributed by atoms with Gasteiger partial charge in [0, 0.05) is 35.4 Å². The summed E-state index contributed by atoms with van der Waals surface area (Å²) in [5.74, 6) is 0.352. The predicted molar refractivity (Wildman–Crippen MR) is 118 cm³/mol. The average molecular weight is 420 g/mol. The predicted octanol–water partition coefficient (Wildman–Crippen LogP) is 3.36. The Bertz CT molecular complexity index is 1250. The van der Waals surface area contributed by atoms with Crippen molar-refractivity contribution in [1.82, 2.24) is 4.98 Å². The van der Waals surface area contributed by atoms with Crippen LogP contribution in [0.3, 0.4) is 0 Å². The number of carbonyl (C=O) groups is 1. The third kappa shape index (κ3) is 3.54. The zero-order valence-corrected chi connectivity index (χ0v) is 16.9. The van der Waals surface area contributed by atoms with Gasteiger partial charge >= 0.3 is 0 Å². The van der Waals surface area contributed by atoms with Crippen LogP contribution in [-0.4, -0.2) is 24.0 Å². The maximum Gasteiger partial charge on any atom is 0.259 e. The summed E-state index contributed by atoms with van der Waals surface area (Å²) in [6, 6.07) is 9.37. The van der Waals surface area contributed by atoms with Crippen LogP contribution in [0.4, 0.5) is 11.4 Å². The number of rotatable bonds is 7. The Kier molecular flexibility index (Phi) is 5.27. The van der Waals surface area contributed by atoms with Crippen LogP contribution in [0.2, 0.25) is 0 Å². The fourth-order valence-corrected chi connectivity index (χ4v) is 4.33. The first-order valence-corrected chi connectivity index (χ1v) is 10.2. The quantitative estimate of drug-likeness (QED) is 0.334. The van der Waals surface area contributed by atoms with E-state index in [-0.39, 0.29) is 4.88 Å². The van der Waals surface area contributed by atoms with Crippen LogP contribution in [0.25, 0.3) is 32.9 Å². The minimum absolute atomic E-state index is 0.286. The molecule has 1 aliphatic heterocycles. The van der Waals surface area contributed by atoms with Crippen molar-refractivity contribution in [3.63, 3.8) is 0 Å². The van der Waals surface area contributed by atoms with Crippen LogP contribution in [0.15, 0.2) is 34.9 Å². The number of nitrogen functional groups attached to an aromatic ring is 1. The lowest BCUT2D eigenvalue weighted by Gasteiger charge is -2.09. The number of nitriles is 1. The number of carbonyl (C=O) groups excluding carboxylic acids is 1. The van der Waals surface area contributed by atoms with E-state index in [1.54, 1.807) is 12.1 Å². The van der Waals surface area contributed by atoms with E-state index in [0.717, 1.165) is 42.0 Å². The Balaban J connectivity index is 1.83. The number of amides is 1. The molecule has 0 saturated carbocycles. The largest absolute Gasteiger partial charge is 0.454 e. The first-order chi connectivity index (χ1) is 14.5. The smallest absolute Gasteiger partial charge is 0.259 e. The van der Waals surface area contributed by atoms with Gasteiger partial charge in [-0.2, -0.15) is 5.26 Å². The standard InChI is InChI=1S/C21H20N6O2S/c22-3-1-2-4-26-13-6-12-7-15(24)18(29-16(12)8-13)17-14-5-11(9-23)10-27-21(14)30-19(17)20(25)28/h5-8,10,26H,1-4,22,24H2,(H2,25,28). The molecule has 7 N–H and O–H groups in total. The molecule has 0 radical (unpaired) electrons. The van der Waals surface area contributed by atoms with Crippen molar-refractivity contribution in [3.05, 3.63) is 40.9 Å². The lowest BCUT2D eigenvalue weighted by molar-refractivity contribution is 0.100. The van der Waals surface area contributed by atoms with Gasteiger partial charge in [0.2, 0.25) is 0 Å². The molecule has 0 spiro atoms. The van der Waals surface area contributed by atoms with Crippen molar-refractivity contribution in [2.75, 3.05) is 24.1 Å². The summed E-state index contributed by atoms with van der Waals surface area (Å²) in [6.45, 7) is 1.47. The van der Waals surface area contributed by atoms with Gasteiger partial charge < -0.3 is 26.9 Å². The summed E-state index contributed by atoms with van der Waals surface area (Å²) in [5.41, 5.74) is 20.4. The molecule has 0 bridgehead atoms.